The van der Waals surface area contributed by atoms with E-state index in [9.17, 15) is 9.59 Å². The van der Waals surface area contributed by atoms with E-state index >= 15 is 0 Å². The van der Waals surface area contributed by atoms with Gasteiger partial charge in [0.25, 0.3) is 0 Å². The Balaban J connectivity index is 1.79. The number of carbonyl (C=O) groups is 2. The minimum absolute atomic E-state index is 0.0235. The summed E-state index contributed by atoms with van der Waals surface area (Å²) in [5.74, 6) is 1.13. The van der Waals surface area contributed by atoms with Gasteiger partial charge in [-0.05, 0) is 61.6 Å². The average Bonchev–Trinajstić information content (AvgIpc) is 2.83. The molecule has 0 aliphatic carbocycles. The van der Waals surface area contributed by atoms with E-state index in [4.69, 9.17) is 32.7 Å². The number of hydrogen-bond acceptors (Lipinski definition) is 4. The topological polar surface area (TPSA) is 67.9 Å². The van der Waals surface area contributed by atoms with Gasteiger partial charge in [-0.3, -0.25) is 9.59 Å². The fourth-order valence-electron chi connectivity index (χ4n) is 3.83. The maximum atomic E-state index is 13.5. The van der Waals surface area contributed by atoms with Crippen LogP contribution in [-0.4, -0.2) is 42.0 Å². The first-order chi connectivity index (χ1) is 16.3. The maximum absolute atomic E-state index is 13.5. The smallest absolute Gasteiger partial charge is 0.243 e. The zero-order chi connectivity index (χ0) is 24.7. The van der Waals surface area contributed by atoms with Gasteiger partial charge in [0, 0.05) is 29.1 Å². The van der Waals surface area contributed by atoms with E-state index in [1.165, 1.54) is 0 Å². The number of hydrogen-bond donors (Lipinski definition) is 1. The summed E-state index contributed by atoms with van der Waals surface area (Å²) in [6.07, 6.45) is 2.06. The Labute approximate surface area is 211 Å². The number of halogens is 2. The lowest BCUT2D eigenvalue weighted by atomic mass is 10.0. The number of carbonyl (C=O) groups excluding carboxylic acids is 2. The van der Waals surface area contributed by atoms with Crippen LogP contribution in [0.2, 0.25) is 10.0 Å². The summed E-state index contributed by atoms with van der Waals surface area (Å²) in [6, 6.07) is 10.3. The van der Waals surface area contributed by atoms with Gasteiger partial charge in [-0.25, -0.2) is 0 Å². The summed E-state index contributed by atoms with van der Waals surface area (Å²) >= 11 is 12.5. The van der Waals surface area contributed by atoms with Crippen LogP contribution in [0.3, 0.4) is 0 Å². The molecule has 2 aromatic carbocycles. The molecular weight excluding hydrogens is 475 g/mol. The molecule has 184 valence electrons. The summed E-state index contributed by atoms with van der Waals surface area (Å²) in [6.45, 7) is 7.14. The minimum atomic E-state index is -0.603. The molecule has 0 fully saturated rings. The number of amides is 2. The molecule has 0 saturated heterocycles. The molecule has 2 amide bonds. The monoisotopic (exact) mass is 506 g/mol. The van der Waals surface area contributed by atoms with Crippen LogP contribution in [0.1, 0.15) is 51.2 Å². The van der Waals surface area contributed by atoms with Crippen molar-refractivity contribution in [1.29, 1.82) is 0 Å². The molecule has 0 bridgehead atoms. The van der Waals surface area contributed by atoms with E-state index in [1.807, 2.05) is 39.0 Å². The van der Waals surface area contributed by atoms with Crippen molar-refractivity contribution in [3.05, 3.63) is 57.6 Å². The van der Waals surface area contributed by atoms with Crippen molar-refractivity contribution in [2.45, 2.75) is 65.1 Å². The number of rotatable bonds is 10. The quantitative estimate of drug-likeness (QED) is 0.467. The van der Waals surface area contributed by atoms with Crippen molar-refractivity contribution in [2.24, 2.45) is 0 Å². The van der Waals surface area contributed by atoms with Crippen LogP contribution in [0.25, 0.3) is 0 Å². The number of ether oxygens (including phenoxy) is 2. The van der Waals surface area contributed by atoms with E-state index in [-0.39, 0.29) is 30.8 Å². The van der Waals surface area contributed by atoms with Gasteiger partial charge >= 0.3 is 0 Å². The molecular formula is C26H32Cl2N2O4. The average molecular weight is 507 g/mol. The summed E-state index contributed by atoms with van der Waals surface area (Å²) < 4.78 is 11.2. The molecule has 6 nitrogen and oxygen atoms in total. The number of nitrogens with one attached hydrogen (secondary N) is 1. The molecule has 2 aromatic rings. The first-order valence-electron chi connectivity index (χ1n) is 11.7. The molecule has 0 radical (unpaired) electrons. The molecule has 2 unspecified atom stereocenters. The Kier molecular flexibility index (Phi) is 9.48. The van der Waals surface area contributed by atoms with Gasteiger partial charge in [-0.2, -0.15) is 0 Å². The number of nitrogens with zero attached hydrogens (tertiary/aromatic N) is 1. The maximum Gasteiger partial charge on any atom is 0.243 e. The number of fused-ring (bicyclic) bond motifs is 1. The fourth-order valence-corrected chi connectivity index (χ4v) is 4.30. The third-order valence-corrected chi connectivity index (χ3v) is 6.56. The lowest BCUT2D eigenvalue weighted by Gasteiger charge is -2.32. The zero-order valence-electron chi connectivity index (χ0n) is 19.9. The Morgan fingerprint density at radius 2 is 1.76 bits per heavy atom. The van der Waals surface area contributed by atoms with Crippen LogP contribution >= 0.6 is 23.2 Å². The van der Waals surface area contributed by atoms with E-state index in [0.717, 1.165) is 17.5 Å². The summed E-state index contributed by atoms with van der Waals surface area (Å²) in [5.41, 5.74) is 1.72. The van der Waals surface area contributed by atoms with Crippen LogP contribution in [0.15, 0.2) is 36.4 Å². The molecule has 3 rings (SSSR count). The second-order valence-corrected chi connectivity index (χ2v) is 9.32. The van der Waals surface area contributed by atoms with Gasteiger partial charge in [-0.1, -0.05) is 49.2 Å². The largest absolute Gasteiger partial charge is 0.486 e. The van der Waals surface area contributed by atoms with Crippen LogP contribution in [0.5, 0.6) is 11.5 Å². The van der Waals surface area contributed by atoms with Gasteiger partial charge in [-0.15, -0.1) is 0 Å². The van der Waals surface area contributed by atoms with Crippen molar-refractivity contribution in [1.82, 2.24) is 10.2 Å². The second-order valence-electron chi connectivity index (χ2n) is 8.48. The summed E-state index contributed by atoms with van der Waals surface area (Å²) in [7, 11) is 0. The highest BCUT2D eigenvalue weighted by molar-refractivity contribution is 6.35. The van der Waals surface area contributed by atoms with E-state index in [1.54, 1.807) is 23.1 Å². The standard InChI is InChI=1S/C26H32Cl2N2O4/c1-4-17(3)29-26(32)22(5-2)30(16-19-8-9-20(27)15-21(19)28)25(31)11-7-18-6-10-23-24(14-18)34-13-12-33-23/h6,8-10,14-15,17,22H,4-5,7,11-13,16H2,1-3H3,(H,29,32). The van der Waals surface area contributed by atoms with Crippen molar-refractivity contribution in [3.63, 3.8) is 0 Å². The van der Waals surface area contributed by atoms with Crippen LogP contribution in [0.4, 0.5) is 0 Å². The molecule has 2 atom stereocenters. The number of aryl methyl sites for hydroxylation is 1. The predicted molar refractivity (Wildman–Crippen MR) is 135 cm³/mol. The zero-order valence-corrected chi connectivity index (χ0v) is 21.4. The van der Waals surface area contributed by atoms with Crippen molar-refractivity contribution < 1.29 is 19.1 Å². The Morgan fingerprint density at radius 1 is 1.03 bits per heavy atom. The minimum Gasteiger partial charge on any atom is -0.486 e. The molecule has 0 saturated carbocycles. The lowest BCUT2D eigenvalue weighted by molar-refractivity contribution is -0.141. The van der Waals surface area contributed by atoms with E-state index in [2.05, 4.69) is 5.32 Å². The first-order valence-corrected chi connectivity index (χ1v) is 12.5. The second kappa shape index (κ2) is 12.3. The van der Waals surface area contributed by atoms with Gasteiger partial charge in [0.2, 0.25) is 11.8 Å². The lowest BCUT2D eigenvalue weighted by Crippen LogP contribution is -2.50. The molecule has 1 aliphatic rings. The Morgan fingerprint density at radius 3 is 2.44 bits per heavy atom. The van der Waals surface area contributed by atoms with Crippen LogP contribution < -0.4 is 14.8 Å². The number of benzene rings is 2. The highest BCUT2D eigenvalue weighted by Crippen LogP contribution is 2.31. The summed E-state index contributed by atoms with van der Waals surface area (Å²) in [4.78, 5) is 28.2. The Bertz CT molecular complexity index is 1010. The van der Waals surface area contributed by atoms with Crippen LogP contribution in [0, 0.1) is 0 Å². The molecule has 34 heavy (non-hydrogen) atoms. The molecule has 1 aliphatic heterocycles. The molecule has 1 heterocycles. The van der Waals surface area contributed by atoms with Gasteiger partial charge in [0.1, 0.15) is 19.3 Å². The van der Waals surface area contributed by atoms with Crippen molar-refractivity contribution in [3.8, 4) is 11.5 Å². The van der Waals surface area contributed by atoms with E-state index < -0.39 is 6.04 Å². The van der Waals surface area contributed by atoms with E-state index in [0.29, 0.717) is 47.6 Å². The molecule has 0 aromatic heterocycles. The van der Waals surface area contributed by atoms with Gasteiger partial charge in [0.05, 0.1) is 0 Å². The summed E-state index contributed by atoms with van der Waals surface area (Å²) in [5, 5.41) is 4.00. The molecule has 0 spiro atoms. The normalized spacial score (nSPS) is 14.3. The Hall–Kier alpha value is -2.44. The van der Waals surface area contributed by atoms with Crippen molar-refractivity contribution in [2.75, 3.05) is 13.2 Å². The first kappa shape index (κ1) is 26.2. The van der Waals surface area contributed by atoms with Gasteiger partial charge in [0.15, 0.2) is 11.5 Å². The van der Waals surface area contributed by atoms with Gasteiger partial charge < -0.3 is 19.7 Å². The SMILES string of the molecule is CCC(C)NC(=O)C(CC)N(Cc1ccc(Cl)cc1Cl)C(=O)CCc1ccc2c(c1)OCCO2. The third-order valence-electron chi connectivity index (χ3n) is 5.98. The van der Waals surface area contributed by atoms with Crippen LogP contribution in [-0.2, 0) is 22.6 Å². The molecule has 1 N–H and O–H groups in total. The van der Waals surface area contributed by atoms with Crippen molar-refractivity contribution >= 4 is 35.0 Å². The highest BCUT2D eigenvalue weighted by atomic mass is 35.5. The third kappa shape index (κ3) is 6.80. The predicted octanol–water partition coefficient (Wildman–Crippen LogP) is 5.42. The fraction of sp³-hybridized carbons (Fsp3) is 0.462. The highest BCUT2D eigenvalue weighted by Gasteiger charge is 2.29. The molecule has 8 heteroatoms.